The van der Waals surface area contributed by atoms with Gasteiger partial charge < -0.3 is 20.3 Å². The third kappa shape index (κ3) is 5.86. The molecule has 1 aromatic carbocycles. The molecule has 12 heteroatoms. The van der Waals surface area contributed by atoms with E-state index in [4.69, 9.17) is 4.74 Å². The molecule has 6 rings (SSSR count). The van der Waals surface area contributed by atoms with Gasteiger partial charge in [0.1, 0.15) is 5.56 Å². The highest BCUT2D eigenvalue weighted by molar-refractivity contribution is 7.99. The molecule has 0 bridgehead atoms. The van der Waals surface area contributed by atoms with Crippen molar-refractivity contribution in [2.45, 2.75) is 48.7 Å². The molecule has 3 aromatic rings. The van der Waals surface area contributed by atoms with E-state index in [1.54, 1.807) is 11.0 Å². The standard InChI is InChI=1S/C28H30F3N5O2S2/c1-16-24(39-7-6-36(15-37)20-13-38-14-20)9-25(40-16)26-22(28(29,30)31)12-33-27(35-26)34-23-5-4-18(19-10-32-11-19)8-21(23)17-2-3-17/h4-5,8-9,12,15,17,19-20,32H,2-3,6-7,10-11,13-14H2,1H3,(H,33,34,35). The second-order valence-corrected chi connectivity index (χ2v) is 12.9. The molecule has 2 aliphatic heterocycles. The van der Waals surface area contributed by atoms with E-state index in [-0.39, 0.29) is 17.7 Å². The number of amides is 1. The van der Waals surface area contributed by atoms with Gasteiger partial charge in [0, 0.05) is 53.0 Å². The van der Waals surface area contributed by atoms with Crippen molar-refractivity contribution in [2.75, 3.05) is 43.9 Å². The highest BCUT2D eigenvalue weighted by atomic mass is 32.2. The molecule has 2 aromatic heterocycles. The van der Waals surface area contributed by atoms with E-state index < -0.39 is 11.7 Å². The van der Waals surface area contributed by atoms with Crippen molar-refractivity contribution in [1.82, 2.24) is 20.2 Å². The number of aromatic nitrogens is 2. The van der Waals surface area contributed by atoms with Crippen molar-refractivity contribution in [3.63, 3.8) is 0 Å². The molecule has 1 saturated carbocycles. The van der Waals surface area contributed by atoms with Crippen molar-refractivity contribution < 1.29 is 22.7 Å². The lowest BCUT2D eigenvalue weighted by Crippen LogP contribution is -2.49. The number of ether oxygens (including phenoxy) is 1. The fourth-order valence-electron chi connectivity index (χ4n) is 4.89. The molecule has 212 valence electrons. The number of nitrogens with zero attached hydrogens (tertiary/aromatic N) is 3. The molecular formula is C28H30F3N5O2S2. The molecule has 1 amide bonds. The number of hydrogen-bond acceptors (Lipinski definition) is 8. The van der Waals surface area contributed by atoms with Crippen LogP contribution >= 0.6 is 23.1 Å². The SMILES string of the molecule is Cc1sc(-c2nc(Nc3ccc(C4CNC4)cc3C3CC3)ncc2C(F)(F)F)cc1SCCN(C=O)C1COC1. The molecule has 1 aliphatic carbocycles. The molecule has 2 N–H and O–H groups in total. The molecule has 7 nitrogen and oxygen atoms in total. The van der Waals surface area contributed by atoms with Gasteiger partial charge in [0.2, 0.25) is 12.4 Å². The van der Waals surface area contributed by atoms with Gasteiger partial charge in [-0.15, -0.1) is 23.1 Å². The minimum absolute atomic E-state index is 0.102. The Morgan fingerprint density at radius 2 is 2.02 bits per heavy atom. The first-order valence-corrected chi connectivity index (χ1v) is 15.2. The molecule has 0 spiro atoms. The predicted molar refractivity (Wildman–Crippen MR) is 150 cm³/mol. The number of nitrogens with one attached hydrogen (secondary N) is 2. The first-order chi connectivity index (χ1) is 19.3. The minimum atomic E-state index is -4.59. The molecule has 2 saturated heterocycles. The molecule has 40 heavy (non-hydrogen) atoms. The number of alkyl halides is 3. The lowest BCUT2D eigenvalue weighted by Gasteiger charge is -2.34. The van der Waals surface area contributed by atoms with Gasteiger partial charge in [-0.25, -0.2) is 9.97 Å². The number of hydrogen-bond donors (Lipinski definition) is 2. The number of anilines is 2. The van der Waals surface area contributed by atoms with E-state index in [0.717, 1.165) is 54.0 Å². The number of carbonyl (C=O) groups is 1. The van der Waals surface area contributed by atoms with Gasteiger partial charge in [0.15, 0.2) is 0 Å². The van der Waals surface area contributed by atoms with Crippen molar-refractivity contribution >= 4 is 41.1 Å². The van der Waals surface area contributed by atoms with Gasteiger partial charge in [-0.3, -0.25) is 4.79 Å². The Morgan fingerprint density at radius 1 is 1.23 bits per heavy atom. The van der Waals surface area contributed by atoms with Crippen LogP contribution in [0.4, 0.5) is 24.8 Å². The van der Waals surface area contributed by atoms with Crippen molar-refractivity contribution in [2.24, 2.45) is 0 Å². The topological polar surface area (TPSA) is 79.4 Å². The number of rotatable bonds is 11. The maximum Gasteiger partial charge on any atom is 0.420 e. The van der Waals surface area contributed by atoms with E-state index >= 15 is 0 Å². The maximum atomic E-state index is 14.0. The van der Waals surface area contributed by atoms with Gasteiger partial charge >= 0.3 is 6.18 Å². The zero-order valence-corrected chi connectivity index (χ0v) is 23.6. The molecule has 4 heterocycles. The van der Waals surface area contributed by atoms with Crippen LogP contribution in [0, 0.1) is 6.92 Å². The zero-order valence-electron chi connectivity index (χ0n) is 22.0. The van der Waals surface area contributed by atoms with Crippen LogP contribution in [-0.2, 0) is 15.7 Å². The summed E-state index contributed by atoms with van der Waals surface area (Å²) < 4.78 is 47.2. The van der Waals surface area contributed by atoms with Gasteiger partial charge in [-0.1, -0.05) is 12.1 Å². The van der Waals surface area contributed by atoms with Crippen LogP contribution in [0.1, 0.15) is 46.2 Å². The van der Waals surface area contributed by atoms with Crippen molar-refractivity contribution in [3.8, 4) is 10.6 Å². The predicted octanol–water partition coefficient (Wildman–Crippen LogP) is 5.79. The van der Waals surface area contributed by atoms with Crippen molar-refractivity contribution in [3.05, 3.63) is 52.0 Å². The molecule has 0 radical (unpaired) electrons. The van der Waals surface area contributed by atoms with Crippen LogP contribution in [0.2, 0.25) is 0 Å². The second kappa shape index (κ2) is 11.3. The van der Waals surface area contributed by atoms with E-state index in [1.807, 2.05) is 13.0 Å². The average molecular weight is 590 g/mol. The van der Waals surface area contributed by atoms with Crippen molar-refractivity contribution in [1.29, 1.82) is 0 Å². The Labute approximate surface area is 238 Å². The number of halogens is 3. The zero-order chi connectivity index (χ0) is 27.9. The van der Waals surface area contributed by atoms with Crippen LogP contribution < -0.4 is 10.6 Å². The quantitative estimate of drug-likeness (QED) is 0.217. The smallest absolute Gasteiger partial charge is 0.377 e. The lowest BCUT2D eigenvalue weighted by atomic mass is 9.91. The number of thiophene rings is 1. The van der Waals surface area contributed by atoms with Crippen LogP contribution in [0.15, 0.2) is 35.4 Å². The van der Waals surface area contributed by atoms with Gasteiger partial charge in [0.05, 0.1) is 29.8 Å². The number of aryl methyl sites for hydroxylation is 1. The first kappa shape index (κ1) is 27.5. The van der Waals surface area contributed by atoms with Crippen LogP contribution in [0.25, 0.3) is 10.6 Å². The van der Waals surface area contributed by atoms with E-state index in [2.05, 4.69) is 32.7 Å². The number of thioether (sulfide) groups is 1. The summed E-state index contributed by atoms with van der Waals surface area (Å²) in [6, 6.07) is 8.18. The summed E-state index contributed by atoms with van der Waals surface area (Å²) in [6.07, 6.45) is -0.675. The number of carbonyl (C=O) groups excluding carboxylic acids is 1. The summed E-state index contributed by atoms with van der Waals surface area (Å²) in [5.41, 5.74) is 2.33. The molecular weight excluding hydrogens is 559 g/mol. The largest absolute Gasteiger partial charge is 0.420 e. The molecule has 0 unspecified atom stereocenters. The number of benzene rings is 1. The normalized spacial score (nSPS) is 17.8. The summed E-state index contributed by atoms with van der Waals surface area (Å²) in [5, 5.41) is 6.53. The summed E-state index contributed by atoms with van der Waals surface area (Å²) in [7, 11) is 0. The van der Waals surface area contributed by atoms with E-state index in [0.29, 0.717) is 42.2 Å². The first-order valence-electron chi connectivity index (χ1n) is 13.4. The monoisotopic (exact) mass is 589 g/mol. The van der Waals surface area contributed by atoms with E-state index in [1.165, 1.54) is 34.2 Å². The average Bonchev–Trinajstić information content (AvgIpc) is 3.64. The van der Waals surface area contributed by atoms with Gasteiger partial charge in [-0.2, -0.15) is 13.2 Å². The summed E-state index contributed by atoms with van der Waals surface area (Å²) in [4.78, 5) is 23.8. The van der Waals surface area contributed by atoms with Crippen LogP contribution in [0.5, 0.6) is 0 Å². The van der Waals surface area contributed by atoms with Crippen LogP contribution in [0.3, 0.4) is 0 Å². The highest BCUT2D eigenvalue weighted by Crippen LogP contribution is 2.46. The third-order valence-corrected chi connectivity index (χ3v) is 9.93. The Kier molecular flexibility index (Phi) is 7.77. The van der Waals surface area contributed by atoms with Crippen LogP contribution in [-0.4, -0.2) is 65.9 Å². The molecule has 3 aliphatic rings. The highest BCUT2D eigenvalue weighted by Gasteiger charge is 2.36. The minimum Gasteiger partial charge on any atom is -0.377 e. The van der Waals surface area contributed by atoms with Gasteiger partial charge in [0.25, 0.3) is 0 Å². The molecule has 0 atom stereocenters. The molecule has 3 fully saturated rings. The summed E-state index contributed by atoms with van der Waals surface area (Å²) in [5.74, 6) is 1.73. The van der Waals surface area contributed by atoms with E-state index in [9.17, 15) is 18.0 Å². The Bertz CT molecular complexity index is 1390. The Morgan fingerprint density at radius 3 is 2.65 bits per heavy atom. The second-order valence-electron chi connectivity index (χ2n) is 10.5. The Balaban J connectivity index is 1.24. The Hall–Kier alpha value is -2.67. The maximum absolute atomic E-state index is 14.0. The lowest BCUT2D eigenvalue weighted by molar-refractivity contribution is -0.137. The summed E-state index contributed by atoms with van der Waals surface area (Å²) in [6.45, 7) is 5.45. The fraction of sp³-hybridized carbons (Fsp3) is 0.464. The third-order valence-electron chi connectivity index (χ3n) is 7.62. The van der Waals surface area contributed by atoms with Gasteiger partial charge in [-0.05, 0) is 48.9 Å². The fourth-order valence-corrected chi connectivity index (χ4v) is 7.11. The summed E-state index contributed by atoms with van der Waals surface area (Å²) >= 11 is 2.81.